The first kappa shape index (κ1) is 23.9. The molecular weight excluding hydrogens is 426 g/mol. The fourth-order valence-corrected chi connectivity index (χ4v) is 4.69. The van der Waals surface area contributed by atoms with Crippen LogP contribution in [-0.2, 0) is 6.42 Å². The maximum absolute atomic E-state index is 14.6. The Morgan fingerprint density at radius 2 is 1.41 bits per heavy atom. The molecule has 176 valence electrons. The Bertz CT molecular complexity index is 1200. The summed E-state index contributed by atoms with van der Waals surface area (Å²) >= 11 is 0. The standard InChI is InChI=1S/C31H32F2O/c1-4-5-6-7-22-8-10-23(11-9-22)24-12-14-25(15-13-24)26-16-17-27(21(2)20-26)28-18-19-29(34-3)31(33)30(28)32/h8-15,18-20H,4-7,16-17H2,1-3H3. The van der Waals surface area contributed by atoms with Gasteiger partial charge in [-0.1, -0.05) is 74.4 Å². The van der Waals surface area contributed by atoms with Gasteiger partial charge in [0, 0.05) is 5.56 Å². The first-order valence-electron chi connectivity index (χ1n) is 12.1. The van der Waals surface area contributed by atoms with E-state index in [2.05, 4.69) is 61.5 Å². The highest BCUT2D eigenvalue weighted by atomic mass is 19.2. The molecule has 3 heteroatoms. The van der Waals surface area contributed by atoms with Gasteiger partial charge in [-0.25, -0.2) is 4.39 Å². The number of allylic oxidation sites excluding steroid dienone is 4. The Kier molecular flexibility index (Phi) is 7.62. The predicted molar refractivity (Wildman–Crippen MR) is 138 cm³/mol. The maximum Gasteiger partial charge on any atom is 0.201 e. The number of aryl methyl sites for hydroxylation is 1. The van der Waals surface area contributed by atoms with Crippen molar-refractivity contribution < 1.29 is 13.5 Å². The van der Waals surface area contributed by atoms with Crippen molar-refractivity contribution in [1.29, 1.82) is 0 Å². The Morgan fingerprint density at radius 1 is 0.765 bits per heavy atom. The summed E-state index contributed by atoms with van der Waals surface area (Å²) in [6.07, 6.45) is 8.46. The predicted octanol–water partition coefficient (Wildman–Crippen LogP) is 9.02. The minimum atomic E-state index is -0.931. The molecule has 0 unspecified atom stereocenters. The third-order valence-electron chi connectivity index (χ3n) is 6.71. The average Bonchev–Trinajstić information content (AvgIpc) is 2.87. The van der Waals surface area contributed by atoms with E-state index in [1.807, 2.05) is 6.92 Å². The van der Waals surface area contributed by atoms with Crippen molar-refractivity contribution in [3.05, 3.63) is 101 Å². The van der Waals surface area contributed by atoms with Gasteiger partial charge in [-0.2, -0.15) is 4.39 Å². The van der Waals surface area contributed by atoms with Crippen molar-refractivity contribution in [3.63, 3.8) is 0 Å². The monoisotopic (exact) mass is 458 g/mol. The normalized spacial score (nSPS) is 13.7. The molecule has 0 N–H and O–H groups in total. The van der Waals surface area contributed by atoms with E-state index < -0.39 is 11.6 Å². The fraction of sp³-hybridized carbons (Fsp3) is 0.290. The quantitative estimate of drug-likeness (QED) is 0.306. The van der Waals surface area contributed by atoms with E-state index in [0.29, 0.717) is 12.0 Å². The lowest BCUT2D eigenvalue weighted by atomic mass is 9.85. The smallest absolute Gasteiger partial charge is 0.201 e. The van der Waals surface area contributed by atoms with Crippen LogP contribution in [0.15, 0.2) is 72.3 Å². The van der Waals surface area contributed by atoms with Crippen LogP contribution in [0.1, 0.15) is 62.6 Å². The molecule has 1 nitrogen and oxygen atoms in total. The van der Waals surface area contributed by atoms with E-state index in [-0.39, 0.29) is 5.75 Å². The molecule has 0 atom stereocenters. The highest BCUT2D eigenvalue weighted by Crippen LogP contribution is 2.38. The summed E-state index contributed by atoms with van der Waals surface area (Å²) in [5.74, 6) is -1.84. The number of benzene rings is 3. The number of ether oxygens (including phenoxy) is 1. The second-order valence-electron chi connectivity index (χ2n) is 9.01. The van der Waals surface area contributed by atoms with Crippen molar-refractivity contribution in [1.82, 2.24) is 0 Å². The summed E-state index contributed by atoms with van der Waals surface area (Å²) in [6.45, 7) is 4.20. The van der Waals surface area contributed by atoms with Crippen LogP contribution >= 0.6 is 0 Å². The van der Waals surface area contributed by atoms with Crippen LogP contribution in [0.2, 0.25) is 0 Å². The van der Waals surface area contributed by atoms with Crippen molar-refractivity contribution in [2.75, 3.05) is 7.11 Å². The summed E-state index contributed by atoms with van der Waals surface area (Å²) in [7, 11) is 1.34. The molecule has 1 aliphatic rings. The summed E-state index contributed by atoms with van der Waals surface area (Å²) in [5, 5.41) is 0. The molecule has 0 saturated heterocycles. The third kappa shape index (κ3) is 5.14. The number of unbranched alkanes of at least 4 members (excludes halogenated alkanes) is 2. The molecule has 34 heavy (non-hydrogen) atoms. The zero-order valence-electron chi connectivity index (χ0n) is 20.3. The second kappa shape index (κ2) is 10.8. The van der Waals surface area contributed by atoms with Gasteiger partial charge in [0.25, 0.3) is 0 Å². The molecule has 1 aliphatic carbocycles. The van der Waals surface area contributed by atoms with Crippen LogP contribution in [0.25, 0.3) is 22.3 Å². The molecule has 0 radical (unpaired) electrons. The summed E-state index contributed by atoms with van der Waals surface area (Å²) in [5.41, 5.74) is 8.33. The molecule has 0 bridgehead atoms. The minimum absolute atomic E-state index is 0.0715. The number of methoxy groups -OCH3 is 1. The zero-order chi connectivity index (χ0) is 24.1. The molecule has 3 aromatic rings. The van der Waals surface area contributed by atoms with Gasteiger partial charge in [-0.05, 0) is 83.7 Å². The molecule has 3 aromatic carbocycles. The van der Waals surface area contributed by atoms with Crippen LogP contribution in [-0.4, -0.2) is 7.11 Å². The topological polar surface area (TPSA) is 9.23 Å². The second-order valence-corrected chi connectivity index (χ2v) is 9.01. The molecule has 0 saturated carbocycles. The van der Waals surface area contributed by atoms with Gasteiger partial charge in [-0.3, -0.25) is 0 Å². The van der Waals surface area contributed by atoms with Crippen LogP contribution in [0, 0.1) is 11.6 Å². The highest BCUT2D eigenvalue weighted by Gasteiger charge is 2.20. The average molecular weight is 459 g/mol. The molecule has 0 fully saturated rings. The van der Waals surface area contributed by atoms with Crippen molar-refractivity contribution in [3.8, 4) is 16.9 Å². The number of hydrogen-bond donors (Lipinski definition) is 0. The van der Waals surface area contributed by atoms with E-state index >= 15 is 0 Å². The lowest BCUT2D eigenvalue weighted by Crippen LogP contribution is -2.02. The summed E-state index contributed by atoms with van der Waals surface area (Å²) < 4.78 is 33.7. The van der Waals surface area contributed by atoms with Crippen molar-refractivity contribution >= 4 is 11.1 Å². The van der Waals surface area contributed by atoms with Gasteiger partial charge in [0.2, 0.25) is 5.82 Å². The zero-order valence-corrected chi connectivity index (χ0v) is 20.3. The van der Waals surface area contributed by atoms with E-state index in [1.165, 1.54) is 60.3 Å². The van der Waals surface area contributed by atoms with Gasteiger partial charge in [0.1, 0.15) is 0 Å². The Hall–Kier alpha value is -3.20. The van der Waals surface area contributed by atoms with Crippen LogP contribution < -0.4 is 4.74 Å². The van der Waals surface area contributed by atoms with Crippen molar-refractivity contribution in [2.24, 2.45) is 0 Å². The first-order chi connectivity index (χ1) is 16.5. The molecule has 4 rings (SSSR count). The summed E-state index contributed by atoms with van der Waals surface area (Å²) in [4.78, 5) is 0. The Morgan fingerprint density at radius 3 is 2.03 bits per heavy atom. The van der Waals surface area contributed by atoms with Crippen LogP contribution in [0.4, 0.5) is 8.78 Å². The van der Waals surface area contributed by atoms with Gasteiger partial charge in [0.05, 0.1) is 7.11 Å². The molecular formula is C31H32F2O. The van der Waals surface area contributed by atoms with Crippen LogP contribution in [0.5, 0.6) is 5.75 Å². The van der Waals surface area contributed by atoms with Crippen LogP contribution in [0.3, 0.4) is 0 Å². The van der Waals surface area contributed by atoms with Gasteiger partial charge in [-0.15, -0.1) is 0 Å². The minimum Gasteiger partial charge on any atom is -0.494 e. The first-order valence-corrected chi connectivity index (χ1v) is 12.1. The van der Waals surface area contributed by atoms with Gasteiger partial charge in [0.15, 0.2) is 11.6 Å². The number of rotatable bonds is 8. The molecule has 0 spiro atoms. The van der Waals surface area contributed by atoms with E-state index in [9.17, 15) is 8.78 Å². The van der Waals surface area contributed by atoms with E-state index in [1.54, 1.807) is 6.07 Å². The lowest BCUT2D eigenvalue weighted by molar-refractivity contribution is 0.371. The maximum atomic E-state index is 14.6. The molecule has 0 aromatic heterocycles. The molecule has 0 aliphatic heterocycles. The van der Waals surface area contributed by atoms with Gasteiger partial charge < -0.3 is 4.74 Å². The van der Waals surface area contributed by atoms with E-state index in [4.69, 9.17) is 4.74 Å². The fourth-order valence-electron chi connectivity index (χ4n) is 4.69. The number of halogens is 2. The van der Waals surface area contributed by atoms with Gasteiger partial charge >= 0.3 is 0 Å². The van der Waals surface area contributed by atoms with E-state index in [0.717, 1.165) is 24.0 Å². The Labute approximate surface area is 201 Å². The largest absolute Gasteiger partial charge is 0.494 e. The summed E-state index contributed by atoms with van der Waals surface area (Å²) in [6, 6.07) is 20.6. The highest BCUT2D eigenvalue weighted by molar-refractivity contribution is 5.82. The molecule has 0 heterocycles. The number of hydrogen-bond acceptors (Lipinski definition) is 1. The third-order valence-corrected chi connectivity index (χ3v) is 6.71. The van der Waals surface area contributed by atoms with Crippen molar-refractivity contribution in [2.45, 2.75) is 52.4 Å². The lowest BCUT2D eigenvalue weighted by Gasteiger charge is -2.20. The SMILES string of the molecule is CCCCCc1ccc(-c2ccc(C3=CC(C)=C(c4ccc(OC)c(F)c4F)CC3)cc2)cc1. The Balaban J connectivity index is 1.52. The molecule has 0 amide bonds.